The Balaban J connectivity index is 1.75. The third-order valence-electron chi connectivity index (χ3n) is 4.08. The highest BCUT2D eigenvalue weighted by Gasteiger charge is 2.25. The van der Waals surface area contributed by atoms with Crippen molar-refractivity contribution in [3.05, 3.63) is 63.7 Å². The predicted octanol–water partition coefficient (Wildman–Crippen LogP) is 3.26. The zero-order valence-corrected chi connectivity index (χ0v) is 13.4. The number of carbonyl (C=O) groups is 1. The van der Waals surface area contributed by atoms with Crippen LogP contribution in [0.5, 0.6) is 5.75 Å². The van der Waals surface area contributed by atoms with Gasteiger partial charge in [-0.15, -0.1) is 0 Å². The van der Waals surface area contributed by atoms with E-state index < -0.39 is 4.92 Å². The van der Waals surface area contributed by atoms with Crippen LogP contribution in [0, 0.1) is 17.0 Å². The molecular weight excluding hydrogens is 308 g/mol. The van der Waals surface area contributed by atoms with Gasteiger partial charge in [-0.3, -0.25) is 14.9 Å². The average Bonchev–Trinajstić information content (AvgIpc) is 2.60. The minimum atomic E-state index is -0.444. The van der Waals surface area contributed by atoms with E-state index in [1.165, 1.54) is 12.1 Å². The van der Waals surface area contributed by atoms with E-state index in [9.17, 15) is 14.9 Å². The van der Waals surface area contributed by atoms with Crippen molar-refractivity contribution in [1.82, 2.24) is 0 Å². The third kappa shape index (κ3) is 3.37. The highest BCUT2D eigenvalue weighted by Crippen LogP contribution is 2.31. The first-order valence-electron chi connectivity index (χ1n) is 7.82. The minimum Gasteiger partial charge on any atom is -0.484 e. The number of fused-ring (bicyclic) bond motifs is 1. The molecule has 0 radical (unpaired) electrons. The second-order valence-electron chi connectivity index (χ2n) is 5.82. The lowest BCUT2D eigenvalue weighted by Crippen LogP contribution is -2.38. The predicted molar refractivity (Wildman–Crippen MR) is 90.4 cm³/mol. The van der Waals surface area contributed by atoms with Crippen LogP contribution in [0.1, 0.15) is 17.5 Å². The summed E-state index contributed by atoms with van der Waals surface area (Å²) in [4.78, 5) is 24.6. The molecule has 0 saturated carbocycles. The normalized spacial score (nSPS) is 13.3. The standard InChI is InChI=1S/C18H18N2O4/c1-13-4-8-16(9-5-13)24-12-18(21)19-10-2-3-14-6-7-15(20(22)23)11-17(14)19/h4-9,11H,2-3,10,12H2,1H3. The van der Waals surface area contributed by atoms with Crippen LogP contribution in [0.2, 0.25) is 0 Å². The lowest BCUT2D eigenvalue weighted by Gasteiger charge is -2.29. The van der Waals surface area contributed by atoms with Gasteiger partial charge in [-0.25, -0.2) is 0 Å². The van der Waals surface area contributed by atoms with Crippen LogP contribution in [-0.2, 0) is 11.2 Å². The van der Waals surface area contributed by atoms with Gasteiger partial charge in [0, 0.05) is 18.7 Å². The molecule has 0 saturated heterocycles. The van der Waals surface area contributed by atoms with Crippen LogP contribution in [0.15, 0.2) is 42.5 Å². The Morgan fingerprint density at radius 1 is 1.25 bits per heavy atom. The maximum absolute atomic E-state index is 12.5. The van der Waals surface area contributed by atoms with Crippen LogP contribution in [0.25, 0.3) is 0 Å². The number of hydrogen-bond acceptors (Lipinski definition) is 4. The number of amides is 1. The molecule has 0 bridgehead atoms. The highest BCUT2D eigenvalue weighted by molar-refractivity contribution is 5.96. The molecule has 6 nitrogen and oxygen atoms in total. The Labute approximate surface area is 139 Å². The van der Waals surface area contributed by atoms with Gasteiger partial charge >= 0.3 is 0 Å². The molecule has 0 unspecified atom stereocenters. The van der Waals surface area contributed by atoms with Crippen LogP contribution in [-0.4, -0.2) is 24.0 Å². The maximum atomic E-state index is 12.5. The second kappa shape index (κ2) is 6.70. The maximum Gasteiger partial charge on any atom is 0.271 e. The van der Waals surface area contributed by atoms with Gasteiger partial charge in [-0.1, -0.05) is 23.8 Å². The quantitative estimate of drug-likeness (QED) is 0.638. The van der Waals surface area contributed by atoms with E-state index in [1.807, 2.05) is 31.2 Å². The number of benzene rings is 2. The van der Waals surface area contributed by atoms with Gasteiger partial charge < -0.3 is 9.64 Å². The molecule has 1 aliphatic heterocycles. The molecule has 124 valence electrons. The third-order valence-corrected chi connectivity index (χ3v) is 4.08. The first-order valence-corrected chi connectivity index (χ1v) is 7.82. The van der Waals surface area contributed by atoms with Gasteiger partial charge in [-0.05, 0) is 37.5 Å². The molecule has 0 spiro atoms. The fourth-order valence-electron chi connectivity index (χ4n) is 2.79. The van der Waals surface area contributed by atoms with E-state index in [0.717, 1.165) is 24.0 Å². The van der Waals surface area contributed by atoms with Crippen molar-refractivity contribution >= 4 is 17.3 Å². The second-order valence-corrected chi connectivity index (χ2v) is 5.82. The number of hydrogen-bond donors (Lipinski definition) is 0. The van der Waals surface area contributed by atoms with E-state index in [1.54, 1.807) is 11.0 Å². The fraction of sp³-hybridized carbons (Fsp3) is 0.278. The van der Waals surface area contributed by atoms with Crippen LogP contribution in [0.4, 0.5) is 11.4 Å². The van der Waals surface area contributed by atoms with E-state index in [0.29, 0.717) is 18.0 Å². The number of anilines is 1. The number of non-ortho nitro benzene ring substituents is 1. The average molecular weight is 326 g/mol. The molecule has 1 heterocycles. The van der Waals surface area contributed by atoms with Gasteiger partial charge in [0.2, 0.25) is 0 Å². The molecule has 3 rings (SSSR count). The van der Waals surface area contributed by atoms with Crippen molar-refractivity contribution in [3.63, 3.8) is 0 Å². The van der Waals surface area contributed by atoms with Crippen LogP contribution in [0.3, 0.4) is 0 Å². The Morgan fingerprint density at radius 2 is 2.00 bits per heavy atom. The summed E-state index contributed by atoms with van der Waals surface area (Å²) in [5.41, 5.74) is 2.68. The number of rotatable bonds is 4. The zero-order valence-electron chi connectivity index (χ0n) is 13.4. The Bertz CT molecular complexity index is 771. The number of nitrogens with zero attached hydrogens (tertiary/aromatic N) is 2. The Hall–Kier alpha value is -2.89. The molecular formula is C18H18N2O4. The van der Waals surface area contributed by atoms with Crippen molar-refractivity contribution in [1.29, 1.82) is 0 Å². The summed E-state index contributed by atoms with van der Waals surface area (Å²) in [6.07, 6.45) is 1.65. The van der Waals surface area contributed by atoms with E-state index in [4.69, 9.17) is 4.74 Å². The van der Waals surface area contributed by atoms with E-state index >= 15 is 0 Å². The van der Waals surface area contributed by atoms with E-state index in [2.05, 4.69) is 0 Å². The first kappa shape index (κ1) is 16.0. The Kier molecular flexibility index (Phi) is 4.46. The molecule has 0 atom stereocenters. The number of nitro groups is 1. The number of carbonyl (C=O) groups excluding carboxylic acids is 1. The minimum absolute atomic E-state index is 0.00657. The summed E-state index contributed by atoms with van der Waals surface area (Å²) in [5, 5.41) is 11.0. The summed E-state index contributed by atoms with van der Waals surface area (Å²) >= 11 is 0. The summed E-state index contributed by atoms with van der Waals surface area (Å²) in [6.45, 7) is 2.43. The summed E-state index contributed by atoms with van der Waals surface area (Å²) in [7, 11) is 0. The largest absolute Gasteiger partial charge is 0.484 e. The summed E-state index contributed by atoms with van der Waals surface area (Å²) < 4.78 is 5.54. The van der Waals surface area contributed by atoms with Crippen molar-refractivity contribution in [2.45, 2.75) is 19.8 Å². The van der Waals surface area contributed by atoms with Crippen molar-refractivity contribution in [2.75, 3.05) is 18.1 Å². The topological polar surface area (TPSA) is 72.7 Å². The monoisotopic (exact) mass is 326 g/mol. The molecule has 6 heteroatoms. The van der Waals surface area contributed by atoms with E-state index in [-0.39, 0.29) is 18.2 Å². The SMILES string of the molecule is Cc1ccc(OCC(=O)N2CCCc3ccc([N+](=O)[O-])cc32)cc1. The smallest absolute Gasteiger partial charge is 0.271 e. The van der Waals surface area contributed by atoms with Gasteiger partial charge in [0.1, 0.15) is 5.75 Å². The Morgan fingerprint density at radius 3 is 2.71 bits per heavy atom. The molecule has 0 N–H and O–H groups in total. The lowest BCUT2D eigenvalue weighted by molar-refractivity contribution is -0.384. The van der Waals surface area contributed by atoms with Crippen LogP contribution >= 0.6 is 0 Å². The van der Waals surface area contributed by atoms with Crippen molar-refractivity contribution in [3.8, 4) is 5.75 Å². The highest BCUT2D eigenvalue weighted by atomic mass is 16.6. The van der Waals surface area contributed by atoms with Gasteiger partial charge in [0.15, 0.2) is 6.61 Å². The molecule has 1 amide bonds. The number of ether oxygens (including phenoxy) is 1. The summed E-state index contributed by atoms with van der Waals surface area (Å²) in [6, 6.07) is 12.1. The molecule has 24 heavy (non-hydrogen) atoms. The van der Waals surface area contributed by atoms with Gasteiger partial charge in [-0.2, -0.15) is 0 Å². The van der Waals surface area contributed by atoms with Crippen LogP contribution < -0.4 is 9.64 Å². The first-order chi connectivity index (χ1) is 11.5. The lowest BCUT2D eigenvalue weighted by atomic mass is 10.0. The molecule has 2 aromatic carbocycles. The number of aryl methyl sites for hydroxylation is 2. The molecule has 0 fully saturated rings. The molecule has 0 aliphatic carbocycles. The molecule has 2 aromatic rings. The molecule has 0 aromatic heterocycles. The zero-order chi connectivity index (χ0) is 17.1. The summed E-state index contributed by atoms with van der Waals surface area (Å²) in [5.74, 6) is 0.433. The molecule has 1 aliphatic rings. The van der Waals surface area contributed by atoms with Crippen molar-refractivity contribution < 1.29 is 14.5 Å². The number of nitro benzene ring substituents is 1. The van der Waals surface area contributed by atoms with Crippen molar-refractivity contribution in [2.24, 2.45) is 0 Å². The van der Waals surface area contributed by atoms with Gasteiger partial charge in [0.05, 0.1) is 10.6 Å². The van der Waals surface area contributed by atoms with Gasteiger partial charge in [0.25, 0.3) is 11.6 Å². The fourth-order valence-corrected chi connectivity index (χ4v) is 2.79.